The second-order valence-corrected chi connectivity index (χ2v) is 6.40. The van der Waals surface area contributed by atoms with Crippen LogP contribution in [0.1, 0.15) is 27.2 Å². The maximum absolute atomic E-state index is 12.9. The van der Waals surface area contributed by atoms with Crippen LogP contribution in [0.5, 0.6) is 0 Å². The Balaban J connectivity index is 1.80. The van der Waals surface area contributed by atoms with Gasteiger partial charge in [-0.1, -0.05) is 30.3 Å². The number of carbonyl (C=O) groups excluding carboxylic acids is 1. The third-order valence-electron chi connectivity index (χ3n) is 4.54. The second-order valence-electron chi connectivity index (χ2n) is 6.40. The van der Waals surface area contributed by atoms with Gasteiger partial charge in [-0.05, 0) is 55.2 Å². The molecule has 0 radical (unpaired) electrons. The molecule has 0 atom stereocenters. The Labute approximate surface area is 148 Å². The summed E-state index contributed by atoms with van der Waals surface area (Å²) in [6.07, 6.45) is 0.797. The van der Waals surface area contributed by atoms with Crippen molar-refractivity contribution in [2.45, 2.75) is 20.3 Å². The van der Waals surface area contributed by atoms with Crippen molar-refractivity contribution in [3.8, 4) is 0 Å². The number of fused-ring (bicyclic) bond motifs is 1. The quantitative estimate of drug-likeness (QED) is 0.747. The first-order chi connectivity index (χ1) is 12.1. The van der Waals surface area contributed by atoms with Crippen molar-refractivity contribution >= 4 is 16.9 Å². The summed E-state index contributed by atoms with van der Waals surface area (Å²) in [4.78, 5) is 14.6. The fourth-order valence-corrected chi connectivity index (χ4v) is 2.94. The number of rotatable bonds is 6. The summed E-state index contributed by atoms with van der Waals surface area (Å²) in [5.41, 5.74) is 10.0. The number of amides is 1. The molecule has 0 aliphatic carbocycles. The van der Waals surface area contributed by atoms with Crippen LogP contribution in [0.15, 0.2) is 52.9 Å². The predicted molar refractivity (Wildman–Crippen MR) is 101 cm³/mol. The number of hydrogen-bond donors (Lipinski definition) is 1. The Morgan fingerprint density at radius 2 is 1.76 bits per heavy atom. The molecule has 0 unspecified atom stereocenters. The highest BCUT2D eigenvalue weighted by atomic mass is 16.3. The summed E-state index contributed by atoms with van der Waals surface area (Å²) >= 11 is 0. The fraction of sp³-hybridized carbons (Fsp3) is 0.286. The summed E-state index contributed by atoms with van der Waals surface area (Å²) in [5.74, 6) is 0.273. The molecule has 25 heavy (non-hydrogen) atoms. The lowest BCUT2D eigenvalue weighted by molar-refractivity contribution is 0.0732. The number of carbonyl (C=O) groups is 1. The molecule has 2 N–H and O–H groups in total. The highest BCUT2D eigenvalue weighted by Crippen LogP contribution is 2.24. The normalized spacial score (nSPS) is 11.0. The lowest BCUT2D eigenvalue weighted by Gasteiger charge is -2.20. The minimum absolute atomic E-state index is 0.104. The molecule has 1 amide bonds. The molecule has 1 aromatic heterocycles. The smallest absolute Gasteiger partial charge is 0.289 e. The van der Waals surface area contributed by atoms with Crippen molar-refractivity contribution in [1.82, 2.24) is 4.90 Å². The first-order valence-electron chi connectivity index (χ1n) is 8.62. The predicted octanol–water partition coefficient (Wildman–Crippen LogP) is 3.69. The zero-order valence-corrected chi connectivity index (χ0v) is 14.8. The molecule has 0 saturated carbocycles. The minimum Gasteiger partial charge on any atom is -0.451 e. The summed E-state index contributed by atoms with van der Waals surface area (Å²) in [6.45, 7) is 5.66. The monoisotopic (exact) mass is 336 g/mol. The molecule has 130 valence electrons. The lowest BCUT2D eigenvalue weighted by atomic mass is 10.1. The maximum atomic E-state index is 12.9. The van der Waals surface area contributed by atoms with E-state index in [0.29, 0.717) is 25.4 Å². The van der Waals surface area contributed by atoms with Crippen LogP contribution in [0.3, 0.4) is 0 Å². The van der Waals surface area contributed by atoms with E-state index in [0.717, 1.165) is 23.0 Å². The minimum atomic E-state index is -0.104. The van der Waals surface area contributed by atoms with E-state index in [-0.39, 0.29) is 5.91 Å². The van der Waals surface area contributed by atoms with Gasteiger partial charge in [-0.25, -0.2) is 0 Å². The van der Waals surface area contributed by atoms with Gasteiger partial charge in [0.15, 0.2) is 5.76 Å². The number of furan rings is 1. The van der Waals surface area contributed by atoms with Gasteiger partial charge in [-0.15, -0.1) is 0 Å². The number of aryl methyl sites for hydroxylation is 2. The Kier molecular flexibility index (Phi) is 5.19. The van der Waals surface area contributed by atoms with Gasteiger partial charge in [0.1, 0.15) is 5.58 Å². The molecular formula is C21H24N2O2. The molecule has 0 saturated heterocycles. The van der Waals surface area contributed by atoms with Crippen LogP contribution in [0.2, 0.25) is 0 Å². The number of hydrogen-bond acceptors (Lipinski definition) is 3. The Bertz CT molecular complexity index is 829. The Hall–Kier alpha value is -2.59. The molecule has 3 rings (SSSR count). The Morgan fingerprint density at radius 3 is 2.48 bits per heavy atom. The molecule has 0 spiro atoms. The van der Waals surface area contributed by atoms with Gasteiger partial charge in [0.25, 0.3) is 5.91 Å². The van der Waals surface area contributed by atoms with Gasteiger partial charge < -0.3 is 15.1 Å². The Morgan fingerprint density at radius 1 is 1.04 bits per heavy atom. The van der Waals surface area contributed by atoms with Crippen LogP contribution in [0, 0.1) is 13.8 Å². The van der Waals surface area contributed by atoms with E-state index in [2.05, 4.69) is 25.1 Å². The third-order valence-corrected chi connectivity index (χ3v) is 4.54. The van der Waals surface area contributed by atoms with Crippen molar-refractivity contribution in [1.29, 1.82) is 0 Å². The first kappa shape index (κ1) is 17.2. The van der Waals surface area contributed by atoms with E-state index in [4.69, 9.17) is 10.2 Å². The summed E-state index contributed by atoms with van der Waals surface area (Å²) < 4.78 is 5.81. The van der Waals surface area contributed by atoms with Crippen molar-refractivity contribution in [3.05, 3.63) is 71.0 Å². The van der Waals surface area contributed by atoms with Gasteiger partial charge >= 0.3 is 0 Å². The van der Waals surface area contributed by atoms with E-state index in [9.17, 15) is 4.79 Å². The largest absolute Gasteiger partial charge is 0.451 e. The molecule has 0 aliphatic heterocycles. The highest BCUT2D eigenvalue weighted by Gasteiger charge is 2.19. The number of nitrogens with two attached hydrogens (primary N) is 1. The SMILES string of the molecule is Cc1cc2cc(C(=O)N(CCN)CCc3ccccc3)oc2cc1C. The van der Waals surface area contributed by atoms with Crippen LogP contribution in [0.25, 0.3) is 11.0 Å². The third kappa shape index (κ3) is 3.91. The fourth-order valence-electron chi connectivity index (χ4n) is 2.94. The maximum Gasteiger partial charge on any atom is 0.289 e. The molecule has 0 fully saturated rings. The summed E-state index contributed by atoms with van der Waals surface area (Å²) in [5, 5.41) is 0.960. The summed E-state index contributed by atoms with van der Waals surface area (Å²) in [6, 6.07) is 16.0. The standard InChI is InChI=1S/C21H24N2O2/c1-15-12-18-14-20(25-19(18)13-16(15)2)21(24)23(11-9-22)10-8-17-6-4-3-5-7-17/h3-7,12-14H,8-11,22H2,1-2H3. The van der Waals surface area contributed by atoms with Crippen molar-refractivity contribution < 1.29 is 9.21 Å². The van der Waals surface area contributed by atoms with Crippen LogP contribution < -0.4 is 5.73 Å². The molecule has 0 aliphatic rings. The molecule has 2 aromatic carbocycles. The molecule has 3 aromatic rings. The number of nitrogens with zero attached hydrogens (tertiary/aromatic N) is 1. The van der Waals surface area contributed by atoms with Crippen LogP contribution >= 0.6 is 0 Å². The van der Waals surface area contributed by atoms with Gasteiger partial charge in [-0.2, -0.15) is 0 Å². The highest BCUT2D eigenvalue weighted by molar-refractivity contribution is 5.96. The zero-order valence-electron chi connectivity index (χ0n) is 14.8. The summed E-state index contributed by atoms with van der Waals surface area (Å²) in [7, 11) is 0. The molecule has 4 nitrogen and oxygen atoms in total. The van der Waals surface area contributed by atoms with Crippen LogP contribution in [-0.2, 0) is 6.42 Å². The average molecular weight is 336 g/mol. The van der Waals surface area contributed by atoms with Gasteiger partial charge in [0.05, 0.1) is 0 Å². The second kappa shape index (κ2) is 7.53. The van der Waals surface area contributed by atoms with Gasteiger partial charge in [-0.3, -0.25) is 4.79 Å². The van der Waals surface area contributed by atoms with E-state index in [1.165, 1.54) is 11.1 Å². The van der Waals surface area contributed by atoms with Crippen LogP contribution in [-0.4, -0.2) is 30.4 Å². The van der Waals surface area contributed by atoms with E-state index in [1.54, 1.807) is 4.90 Å². The van der Waals surface area contributed by atoms with Crippen molar-refractivity contribution in [2.24, 2.45) is 5.73 Å². The van der Waals surface area contributed by atoms with Crippen molar-refractivity contribution in [2.75, 3.05) is 19.6 Å². The van der Waals surface area contributed by atoms with Crippen molar-refractivity contribution in [3.63, 3.8) is 0 Å². The van der Waals surface area contributed by atoms with E-state index in [1.807, 2.05) is 37.3 Å². The molecular weight excluding hydrogens is 312 g/mol. The topological polar surface area (TPSA) is 59.5 Å². The van der Waals surface area contributed by atoms with E-state index < -0.39 is 0 Å². The van der Waals surface area contributed by atoms with E-state index >= 15 is 0 Å². The average Bonchev–Trinajstić information content (AvgIpc) is 3.02. The molecule has 4 heteroatoms. The lowest BCUT2D eigenvalue weighted by Crippen LogP contribution is -2.36. The zero-order chi connectivity index (χ0) is 17.8. The molecule has 0 bridgehead atoms. The van der Waals surface area contributed by atoms with Crippen LogP contribution in [0.4, 0.5) is 0 Å². The first-order valence-corrected chi connectivity index (χ1v) is 8.62. The van der Waals surface area contributed by atoms with Gasteiger partial charge in [0.2, 0.25) is 0 Å². The number of benzene rings is 2. The molecule has 1 heterocycles. The van der Waals surface area contributed by atoms with Gasteiger partial charge in [0, 0.05) is 25.0 Å².